The summed E-state index contributed by atoms with van der Waals surface area (Å²) in [5, 5.41) is 10.5. The minimum atomic E-state index is -0.745. The van der Waals surface area contributed by atoms with Gasteiger partial charge in [0.1, 0.15) is 23.1 Å². The van der Waals surface area contributed by atoms with Gasteiger partial charge in [-0.25, -0.2) is 0 Å². The third-order valence-electron chi connectivity index (χ3n) is 6.40. The summed E-state index contributed by atoms with van der Waals surface area (Å²) >= 11 is 0. The average molecular weight is 280 g/mol. The molecule has 0 aromatic carbocycles. The monoisotopic (exact) mass is 280 g/mol. The van der Waals surface area contributed by atoms with Gasteiger partial charge in [-0.1, -0.05) is 6.92 Å². The molecule has 0 bridgehead atoms. The highest BCUT2D eigenvalue weighted by Gasteiger charge is 2.86. The van der Waals surface area contributed by atoms with Crippen molar-refractivity contribution in [2.45, 2.75) is 63.4 Å². The lowest BCUT2D eigenvalue weighted by Gasteiger charge is -2.49. The molecule has 1 spiro atoms. The molecule has 2 heterocycles. The molecule has 2 saturated carbocycles. The number of aliphatic hydroxyl groups excluding tert-OH is 1. The average Bonchev–Trinajstić information content (AvgIpc) is 2.90. The SMILES string of the molecule is CC1C(=O)OC2C1C(O)CC1(C)C(=O)CCC3(C)OC231. The molecule has 4 aliphatic rings. The van der Waals surface area contributed by atoms with Crippen LogP contribution in [-0.4, -0.2) is 40.3 Å². The molecule has 4 fully saturated rings. The fourth-order valence-corrected chi connectivity index (χ4v) is 5.21. The maximum absolute atomic E-state index is 12.5. The standard InChI is InChI=1S/C15H20O5/c1-7-10-8(16)6-13(2)9(17)4-5-14(3)15(13,20-14)11(10)19-12(7)18/h7-8,10-11,16H,4-6H2,1-3H3. The molecule has 2 saturated heterocycles. The van der Waals surface area contributed by atoms with Crippen LogP contribution in [0.2, 0.25) is 0 Å². The fourth-order valence-electron chi connectivity index (χ4n) is 5.21. The van der Waals surface area contributed by atoms with Gasteiger partial charge in [0.25, 0.3) is 0 Å². The van der Waals surface area contributed by atoms with Gasteiger partial charge in [-0.15, -0.1) is 0 Å². The highest BCUT2D eigenvalue weighted by molar-refractivity contribution is 5.89. The molecule has 5 heteroatoms. The molecule has 20 heavy (non-hydrogen) atoms. The molecule has 110 valence electrons. The van der Waals surface area contributed by atoms with Gasteiger partial charge in [0.05, 0.1) is 17.4 Å². The van der Waals surface area contributed by atoms with E-state index in [1.165, 1.54) is 0 Å². The Morgan fingerprint density at radius 2 is 2.00 bits per heavy atom. The summed E-state index contributed by atoms with van der Waals surface area (Å²) in [6.07, 6.45) is 0.332. The molecule has 0 amide bonds. The first-order valence-corrected chi connectivity index (χ1v) is 7.39. The molecular formula is C15H20O5. The molecule has 0 aromatic rings. The van der Waals surface area contributed by atoms with Crippen molar-refractivity contribution >= 4 is 11.8 Å². The van der Waals surface area contributed by atoms with Crippen molar-refractivity contribution in [2.24, 2.45) is 17.3 Å². The Labute approximate surface area is 117 Å². The molecule has 0 aromatic heterocycles. The van der Waals surface area contributed by atoms with Crippen molar-refractivity contribution in [3.63, 3.8) is 0 Å². The molecule has 1 N–H and O–H groups in total. The smallest absolute Gasteiger partial charge is 0.309 e. The number of hydrogen-bond acceptors (Lipinski definition) is 5. The van der Waals surface area contributed by atoms with E-state index in [1.54, 1.807) is 6.92 Å². The molecule has 2 aliphatic carbocycles. The Kier molecular flexibility index (Phi) is 2.09. The highest BCUT2D eigenvalue weighted by Crippen LogP contribution is 2.72. The Balaban J connectivity index is 1.86. The Hall–Kier alpha value is -0.940. The maximum atomic E-state index is 12.5. The van der Waals surface area contributed by atoms with E-state index in [4.69, 9.17) is 9.47 Å². The third-order valence-corrected chi connectivity index (χ3v) is 6.40. The second-order valence-electron chi connectivity index (χ2n) is 7.32. The maximum Gasteiger partial charge on any atom is 0.309 e. The lowest BCUT2D eigenvalue weighted by atomic mass is 9.52. The normalized spacial score (nSPS) is 60.4. The van der Waals surface area contributed by atoms with Crippen LogP contribution in [0, 0.1) is 17.3 Å². The first-order chi connectivity index (χ1) is 9.27. The number of hydrogen-bond donors (Lipinski definition) is 1. The Bertz CT molecular complexity index is 530. The highest BCUT2D eigenvalue weighted by atomic mass is 16.7. The van der Waals surface area contributed by atoms with Gasteiger partial charge >= 0.3 is 5.97 Å². The first-order valence-electron chi connectivity index (χ1n) is 7.39. The minimum Gasteiger partial charge on any atom is -0.458 e. The van der Waals surface area contributed by atoms with E-state index in [-0.39, 0.29) is 23.6 Å². The molecular weight excluding hydrogens is 260 g/mol. The van der Waals surface area contributed by atoms with E-state index in [9.17, 15) is 14.7 Å². The van der Waals surface area contributed by atoms with Crippen LogP contribution in [-0.2, 0) is 19.1 Å². The number of fused-ring (bicyclic) bond motifs is 1. The number of ether oxygens (including phenoxy) is 2. The fraction of sp³-hybridized carbons (Fsp3) is 0.867. The van der Waals surface area contributed by atoms with E-state index in [2.05, 4.69) is 0 Å². The second-order valence-corrected chi connectivity index (χ2v) is 7.32. The van der Waals surface area contributed by atoms with E-state index in [0.29, 0.717) is 19.3 Å². The third kappa shape index (κ3) is 1.07. The van der Waals surface area contributed by atoms with Crippen LogP contribution in [0.5, 0.6) is 0 Å². The summed E-state index contributed by atoms with van der Waals surface area (Å²) in [6, 6.07) is 0. The summed E-state index contributed by atoms with van der Waals surface area (Å²) in [6.45, 7) is 5.67. The largest absolute Gasteiger partial charge is 0.458 e. The molecule has 7 atom stereocenters. The lowest BCUT2D eigenvalue weighted by Crippen LogP contribution is -2.64. The quantitative estimate of drug-likeness (QED) is 0.525. The lowest BCUT2D eigenvalue weighted by molar-refractivity contribution is -0.165. The van der Waals surface area contributed by atoms with E-state index in [0.717, 1.165) is 0 Å². The van der Waals surface area contributed by atoms with Gasteiger partial charge in [-0.05, 0) is 26.7 Å². The topological polar surface area (TPSA) is 76.1 Å². The summed E-state index contributed by atoms with van der Waals surface area (Å²) in [5.74, 6) is -0.753. The summed E-state index contributed by atoms with van der Waals surface area (Å²) in [5.41, 5.74) is -1.87. The van der Waals surface area contributed by atoms with Gasteiger partial charge in [-0.2, -0.15) is 0 Å². The van der Waals surface area contributed by atoms with Crippen LogP contribution < -0.4 is 0 Å². The van der Waals surface area contributed by atoms with Crippen molar-refractivity contribution in [3.8, 4) is 0 Å². The van der Waals surface area contributed by atoms with Crippen LogP contribution >= 0.6 is 0 Å². The Morgan fingerprint density at radius 1 is 1.30 bits per heavy atom. The van der Waals surface area contributed by atoms with Crippen molar-refractivity contribution in [1.82, 2.24) is 0 Å². The summed E-state index contributed by atoms with van der Waals surface area (Å²) < 4.78 is 11.6. The molecule has 0 radical (unpaired) electrons. The number of rotatable bonds is 0. The van der Waals surface area contributed by atoms with Gasteiger partial charge in [0.2, 0.25) is 0 Å². The van der Waals surface area contributed by atoms with Gasteiger partial charge < -0.3 is 14.6 Å². The van der Waals surface area contributed by atoms with Crippen molar-refractivity contribution in [2.75, 3.05) is 0 Å². The first kappa shape index (κ1) is 12.8. The van der Waals surface area contributed by atoms with Crippen LogP contribution in [0.3, 0.4) is 0 Å². The van der Waals surface area contributed by atoms with Crippen molar-refractivity contribution < 1.29 is 24.2 Å². The van der Waals surface area contributed by atoms with Gasteiger partial charge in [-0.3, -0.25) is 9.59 Å². The van der Waals surface area contributed by atoms with E-state index < -0.39 is 28.8 Å². The summed E-state index contributed by atoms with van der Waals surface area (Å²) in [4.78, 5) is 24.4. The minimum absolute atomic E-state index is 0.126. The van der Waals surface area contributed by atoms with Crippen LogP contribution in [0.25, 0.3) is 0 Å². The zero-order valence-electron chi connectivity index (χ0n) is 12.0. The Morgan fingerprint density at radius 3 is 2.70 bits per heavy atom. The molecule has 2 aliphatic heterocycles. The number of carbonyl (C=O) groups excluding carboxylic acids is 2. The van der Waals surface area contributed by atoms with Crippen molar-refractivity contribution in [3.05, 3.63) is 0 Å². The number of epoxide rings is 1. The van der Waals surface area contributed by atoms with Crippen LogP contribution in [0.1, 0.15) is 40.0 Å². The van der Waals surface area contributed by atoms with E-state index in [1.807, 2.05) is 13.8 Å². The second kappa shape index (κ2) is 3.28. The number of aliphatic hydroxyl groups is 1. The predicted octanol–water partition coefficient (Wildman–Crippen LogP) is 0.826. The number of Topliss-reactive ketones (excluding diaryl/α,β-unsaturated/α-hetero) is 1. The van der Waals surface area contributed by atoms with Crippen molar-refractivity contribution in [1.29, 1.82) is 0 Å². The molecule has 5 nitrogen and oxygen atoms in total. The zero-order valence-corrected chi connectivity index (χ0v) is 12.0. The summed E-state index contributed by atoms with van der Waals surface area (Å²) in [7, 11) is 0. The molecule has 7 unspecified atom stereocenters. The zero-order chi connectivity index (χ0) is 14.5. The molecule has 4 rings (SSSR count). The predicted molar refractivity (Wildman–Crippen MR) is 67.7 cm³/mol. The van der Waals surface area contributed by atoms with E-state index >= 15 is 0 Å². The van der Waals surface area contributed by atoms with Crippen LogP contribution in [0.15, 0.2) is 0 Å². The number of ketones is 1. The van der Waals surface area contributed by atoms with Gasteiger partial charge in [0.15, 0.2) is 0 Å². The van der Waals surface area contributed by atoms with Crippen LogP contribution in [0.4, 0.5) is 0 Å². The number of esters is 1. The van der Waals surface area contributed by atoms with Gasteiger partial charge in [0, 0.05) is 12.3 Å². The number of carbonyl (C=O) groups is 2.